The van der Waals surface area contributed by atoms with E-state index in [0.717, 1.165) is 30.7 Å². The third-order valence-corrected chi connectivity index (χ3v) is 15.2. The molecule has 4 aromatic rings. The van der Waals surface area contributed by atoms with Gasteiger partial charge in [0.05, 0.1) is 25.6 Å². The Hall–Kier alpha value is -7.90. The minimum atomic E-state index is -1.56. The second-order valence-electron chi connectivity index (χ2n) is 24.1. The fourth-order valence-electron chi connectivity index (χ4n) is 10.4. The van der Waals surface area contributed by atoms with Crippen LogP contribution in [-0.4, -0.2) is 168 Å². The quantitative estimate of drug-likeness (QED) is 0.0688. The lowest BCUT2D eigenvalue weighted by molar-refractivity contribution is -0.176. The van der Waals surface area contributed by atoms with Gasteiger partial charge in [0.1, 0.15) is 35.7 Å². The van der Waals surface area contributed by atoms with Crippen LogP contribution in [0.5, 0.6) is 11.5 Å². The number of hydrogen-bond acceptors (Lipinski definition) is 16. The van der Waals surface area contributed by atoms with Gasteiger partial charge in [-0.05, 0) is 110 Å². The lowest BCUT2D eigenvalue weighted by atomic mass is 9.99. The maximum Gasteiger partial charge on any atom is 0.329 e. The van der Waals surface area contributed by atoms with E-state index in [1.54, 1.807) is 63.0 Å². The number of hydrogen-bond donors (Lipinski definition) is 0. The summed E-state index contributed by atoms with van der Waals surface area (Å²) >= 11 is 0. The van der Waals surface area contributed by atoms with Crippen LogP contribution in [0.15, 0.2) is 85.2 Å². The average Bonchev–Trinajstić information content (AvgIpc) is 3.47. The standard InChI is InChI=1S/C66H90N6O14/c1-39(2)31-51-63(77)83-43(9)59(73)69(11)54(34-42(7)8)66(80)86-58(38-48-27-23-46(24-28-48)36-50-56(82-16)20-18-30-68-50)62(76)72(14)52(32-40(3)4)64(78)84-44(10)60(74)70(12)53(33-41(5)6)65(79)85-57(61(75)71(51)13)37-47-25-21-45(22-26-47)35-49-55(81-15)19-17-29-67-49/h17-30,39-44,51-54,57-58H,31-38H2,1-16H3. The van der Waals surface area contributed by atoms with Crippen molar-refractivity contribution in [1.29, 1.82) is 0 Å². The summed E-state index contributed by atoms with van der Waals surface area (Å²) in [5.74, 6) is -6.35. The van der Waals surface area contributed by atoms with E-state index >= 15 is 9.59 Å². The molecular formula is C66H90N6O14. The molecule has 2 aromatic carbocycles. The number of esters is 4. The van der Waals surface area contributed by atoms with Gasteiger partial charge in [0.2, 0.25) is 0 Å². The number of likely N-dealkylation sites (N-methyl/N-ethyl adjacent to an activating group) is 4. The molecular weight excluding hydrogens is 1100 g/mol. The molecule has 8 atom stereocenters. The topological polar surface area (TPSA) is 231 Å². The Labute approximate surface area is 507 Å². The Morgan fingerprint density at radius 3 is 0.953 bits per heavy atom. The SMILES string of the molecule is COc1cccnc1Cc1ccc(CC2OC(=O)C(CC(C)C)N(C)C(=O)C(C)OC(=O)C(CC(C)C)N(C)C(=O)C(Cc3ccc(Cc4ncccc4OC)cc3)OC(=O)C(CC(C)C)N(C)C(=O)C(C)OC(=O)C(CC(C)C)N(C)C2=O)cc1. The molecule has 86 heavy (non-hydrogen) atoms. The van der Waals surface area contributed by atoms with Crippen LogP contribution >= 0.6 is 0 Å². The fourth-order valence-corrected chi connectivity index (χ4v) is 10.4. The molecule has 468 valence electrons. The molecule has 20 heteroatoms. The summed E-state index contributed by atoms with van der Waals surface area (Å²) in [7, 11) is 8.68. The highest BCUT2D eigenvalue weighted by Gasteiger charge is 2.43. The summed E-state index contributed by atoms with van der Waals surface area (Å²) < 4.78 is 35.3. The van der Waals surface area contributed by atoms with Gasteiger partial charge in [-0.3, -0.25) is 29.1 Å². The van der Waals surface area contributed by atoms with Crippen LogP contribution in [0.25, 0.3) is 0 Å². The number of nitrogens with zero attached hydrogens (tertiary/aromatic N) is 6. The molecule has 1 aliphatic heterocycles. The van der Waals surface area contributed by atoms with Crippen molar-refractivity contribution in [3.8, 4) is 11.5 Å². The summed E-state index contributed by atoms with van der Waals surface area (Å²) in [5, 5.41) is 0. The predicted octanol–water partition coefficient (Wildman–Crippen LogP) is 7.65. The normalized spacial score (nSPS) is 22.3. The summed E-state index contributed by atoms with van der Waals surface area (Å²) in [5.41, 5.74) is 4.37. The molecule has 8 unspecified atom stereocenters. The fraction of sp³-hybridized carbons (Fsp3) is 0.545. The molecule has 0 N–H and O–H groups in total. The van der Waals surface area contributed by atoms with Crippen molar-refractivity contribution in [2.24, 2.45) is 23.7 Å². The molecule has 1 aliphatic rings. The molecule has 3 heterocycles. The number of amides is 4. The van der Waals surface area contributed by atoms with Crippen molar-refractivity contribution in [3.63, 3.8) is 0 Å². The van der Waals surface area contributed by atoms with Crippen LogP contribution in [0.4, 0.5) is 0 Å². The van der Waals surface area contributed by atoms with Crippen molar-refractivity contribution in [1.82, 2.24) is 29.6 Å². The monoisotopic (exact) mass is 1190 g/mol. The number of pyridine rings is 2. The molecule has 0 radical (unpaired) electrons. The molecule has 5 rings (SSSR count). The van der Waals surface area contributed by atoms with Crippen LogP contribution < -0.4 is 9.47 Å². The van der Waals surface area contributed by atoms with Gasteiger partial charge < -0.3 is 48.0 Å². The Balaban J connectivity index is 1.59. The smallest absolute Gasteiger partial charge is 0.329 e. The molecule has 0 spiro atoms. The lowest BCUT2D eigenvalue weighted by Gasteiger charge is -2.35. The zero-order valence-corrected chi connectivity index (χ0v) is 53.1. The highest BCUT2D eigenvalue weighted by Crippen LogP contribution is 2.27. The van der Waals surface area contributed by atoms with Gasteiger partial charge in [-0.1, -0.05) is 104 Å². The van der Waals surface area contributed by atoms with E-state index in [1.807, 2.05) is 91.8 Å². The first kappa shape index (κ1) is 68.9. The highest BCUT2D eigenvalue weighted by atomic mass is 16.6. The number of rotatable bonds is 18. The third kappa shape index (κ3) is 19.1. The number of benzene rings is 2. The van der Waals surface area contributed by atoms with E-state index < -0.39 is 96.1 Å². The van der Waals surface area contributed by atoms with Gasteiger partial charge in [0.25, 0.3) is 23.6 Å². The van der Waals surface area contributed by atoms with E-state index in [-0.39, 0.29) is 62.2 Å². The molecule has 20 nitrogen and oxygen atoms in total. The van der Waals surface area contributed by atoms with Gasteiger partial charge in [-0.25, -0.2) is 19.2 Å². The molecule has 1 saturated heterocycles. The van der Waals surface area contributed by atoms with Gasteiger partial charge in [0, 0.05) is 66.3 Å². The van der Waals surface area contributed by atoms with Crippen LogP contribution in [0.3, 0.4) is 0 Å². The van der Waals surface area contributed by atoms with Crippen LogP contribution in [0, 0.1) is 23.7 Å². The molecule has 0 aliphatic carbocycles. The van der Waals surface area contributed by atoms with Gasteiger partial charge in [-0.2, -0.15) is 0 Å². The van der Waals surface area contributed by atoms with Crippen molar-refractivity contribution < 1.29 is 66.8 Å². The second kappa shape index (κ2) is 32.0. The maximum atomic E-state index is 15.1. The first-order valence-electron chi connectivity index (χ1n) is 29.6. The summed E-state index contributed by atoms with van der Waals surface area (Å²) in [6.45, 7) is 17.5. The number of methoxy groups -OCH3 is 2. The van der Waals surface area contributed by atoms with Gasteiger partial charge in [0.15, 0.2) is 24.4 Å². The van der Waals surface area contributed by atoms with Gasteiger partial charge >= 0.3 is 23.9 Å². The first-order chi connectivity index (χ1) is 40.6. The number of cyclic esters (lactones) is 4. The third-order valence-electron chi connectivity index (χ3n) is 15.2. The van der Waals surface area contributed by atoms with Gasteiger partial charge in [-0.15, -0.1) is 0 Å². The minimum Gasteiger partial charge on any atom is -0.495 e. The van der Waals surface area contributed by atoms with E-state index in [4.69, 9.17) is 28.4 Å². The molecule has 0 bridgehead atoms. The summed E-state index contributed by atoms with van der Waals surface area (Å²) in [6, 6.07) is 16.6. The second-order valence-corrected chi connectivity index (χ2v) is 24.1. The van der Waals surface area contributed by atoms with Crippen molar-refractivity contribution >= 4 is 47.5 Å². The van der Waals surface area contributed by atoms with Crippen molar-refractivity contribution in [2.75, 3.05) is 42.4 Å². The average molecular weight is 1190 g/mol. The van der Waals surface area contributed by atoms with Crippen molar-refractivity contribution in [3.05, 3.63) is 119 Å². The Bertz CT molecular complexity index is 2740. The first-order valence-corrected chi connectivity index (χ1v) is 29.6. The number of carbonyl (C=O) groups is 8. The molecule has 1 fully saturated rings. The minimum absolute atomic E-state index is 0.0693. The zero-order chi connectivity index (χ0) is 63.7. The molecule has 0 saturated carbocycles. The van der Waals surface area contributed by atoms with Crippen molar-refractivity contribution in [2.45, 2.75) is 169 Å². The van der Waals surface area contributed by atoms with Crippen LogP contribution in [0.1, 0.15) is 129 Å². The van der Waals surface area contributed by atoms with Crippen LogP contribution in [-0.2, 0) is 83.0 Å². The number of aromatic nitrogens is 2. The Morgan fingerprint density at radius 1 is 0.407 bits per heavy atom. The van der Waals surface area contributed by atoms with E-state index in [1.165, 1.54) is 42.0 Å². The predicted molar refractivity (Wildman–Crippen MR) is 322 cm³/mol. The van der Waals surface area contributed by atoms with E-state index in [9.17, 15) is 28.8 Å². The highest BCUT2D eigenvalue weighted by molar-refractivity contribution is 5.94. The summed E-state index contributed by atoms with van der Waals surface area (Å²) in [6.07, 6.45) is -1.93. The lowest BCUT2D eigenvalue weighted by Crippen LogP contribution is -2.55. The Morgan fingerprint density at radius 2 is 0.674 bits per heavy atom. The molecule has 4 amide bonds. The maximum absolute atomic E-state index is 15.1. The van der Waals surface area contributed by atoms with E-state index in [2.05, 4.69) is 9.97 Å². The Kier molecular flexibility index (Phi) is 25.6. The molecule has 2 aromatic heterocycles. The summed E-state index contributed by atoms with van der Waals surface area (Å²) in [4.78, 5) is 131. The largest absolute Gasteiger partial charge is 0.495 e. The number of carbonyl (C=O) groups excluding carboxylic acids is 8. The zero-order valence-electron chi connectivity index (χ0n) is 53.1. The van der Waals surface area contributed by atoms with E-state index in [0.29, 0.717) is 46.9 Å². The number of ether oxygens (including phenoxy) is 6. The van der Waals surface area contributed by atoms with Crippen LogP contribution in [0.2, 0.25) is 0 Å².